The van der Waals surface area contributed by atoms with Crippen LogP contribution in [0.2, 0.25) is 0 Å². The average molecular weight is 405 g/mol. The van der Waals surface area contributed by atoms with E-state index >= 15 is 0 Å². The van der Waals surface area contributed by atoms with Gasteiger partial charge in [0.05, 0.1) is 12.7 Å². The first-order valence-corrected chi connectivity index (χ1v) is 9.80. The van der Waals surface area contributed by atoms with Crippen molar-refractivity contribution in [1.29, 1.82) is 0 Å². The van der Waals surface area contributed by atoms with E-state index in [2.05, 4.69) is 31.8 Å². The van der Waals surface area contributed by atoms with Crippen LogP contribution in [0.5, 0.6) is 0 Å². The zero-order valence-electron chi connectivity index (χ0n) is 16.4. The summed E-state index contributed by atoms with van der Waals surface area (Å²) in [6.07, 6.45) is 4.97. The third kappa shape index (κ3) is 3.37. The molecule has 0 bridgehead atoms. The molecule has 0 saturated carbocycles. The van der Waals surface area contributed by atoms with Crippen LogP contribution in [0.4, 0.5) is 4.39 Å². The van der Waals surface area contributed by atoms with Crippen molar-refractivity contribution in [2.45, 2.75) is 19.4 Å². The van der Waals surface area contributed by atoms with Crippen molar-refractivity contribution in [2.24, 2.45) is 5.92 Å². The molecule has 3 aromatic heterocycles. The Balaban J connectivity index is 1.48. The SMILES string of the molecule is CC1CN(Cc2ncccn2)CC1c1nn2c(-c3ccc(F)cc3)ncc2c(=O)[nH]1. The maximum atomic E-state index is 13.3. The van der Waals surface area contributed by atoms with E-state index in [0.717, 1.165) is 18.9 Å². The molecular weight excluding hydrogens is 385 g/mol. The van der Waals surface area contributed by atoms with Gasteiger partial charge in [0, 0.05) is 37.0 Å². The Morgan fingerprint density at radius 1 is 1.13 bits per heavy atom. The molecule has 8 nitrogen and oxygen atoms in total. The standard InChI is InChI=1S/C21H20FN7O/c1-13-10-28(12-18-23-7-2-8-24-18)11-16(13)19-26-21(30)17-9-25-20(29(17)27-19)14-3-5-15(22)6-4-14/h2-9,13,16H,10-12H2,1H3,(H,26,27,30). The van der Waals surface area contributed by atoms with Crippen LogP contribution in [-0.4, -0.2) is 47.5 Å². The summed E-state index contributed by atoms with van der Waals surface area (Å²) in [5.74, 6) is 1.95. The summed E-state index contributed by atoms with van der Waals surface area (Å²) >= 11 is 0. The van der Waals surface area contributed by atoms with Gasteiger partial charge >= 0.3 is 0 Å². The molecule has 2 unspecified atom stereocenters. The summed E-state index contributed by atoms with van der Waals surface area (Å²) in [5.41, 5.74) is 0.818. The van der Waals surface area contributed by atoms with Crippen LogP contribution in [0.3, 0.4) is 0 Å². The lowest BCUT2D eigenvalue weighted by molar-refractivity contribution is 0.310. The number of likely N-dealkylation sites (tertiary alicyclic amines) is 1. The minimum Gasteiger partial charge on any atom is -0.307 e. The number of H-pyrrole nitrogens is 1. The van der Waals surface area contributed by atoms with Gasteiger partial charge in [-0.2, -0.15) is 5.10 Å². The molecule has 30 heavy (non-hydrogen) atoms. The fourth-order valence-electron chi connectivity index (χ4n) is 4.04. The predicted octanol–water partition coefficient (Wildman–Crippen LogP) is 2.25. The van der Waals surface area contributed by atoms with Crippen molar-refractivity contribution < 1.29 is 4.39 Å². The molecular formula is C21H20FN7O. The highest BCUT2D eigenvalue weighted by molar-refractivity contribution is 5.60. The van der Waals surface area contributed by atoms with Crippen molar-refractivity contribution in [3.05, 3.63) is 76.7 Å². The second-order valence-corrected chi connectivity index (χ2v) is 7.67. The van der Waals surface area contributed by atoms with Gasteiger partial charge in [0.1, 0.15) is 17.5 Å². The summed E-state index contributed by atoms with van der Waals surface area (Å²) < 4.78 is 14.9. The first kappa shape index (κ1) is 18.6. The number of halogens is 1. The van der Waals surface area contributed by atoms with E-state index in [-0.39, 0.29) is 17.3 Å². The molecule has 1 aromatic carbocycles. The van der Waals surface area contributed by atoms with Gasteiger partial charge in [-0.05, 0) is 36.2 Å². The minimum atomic E-state index is -0.326. The van der Waals surface area contributed by atoms with E-state index < -0.39 is 0 Å². The van der Waals surface area contributed by atoms with Gasteiger partial charge in [-0.15, -0.1) is 0 Å². The Hall–Kier alpha value is -3.46. The van der Waals surface area contributed by atoms with Gasteiger partial charge in [0.2, 0.25) is 0 Å². The van der Waals surface area contributed by atoms with Crippen LogP contribution in [0.1, 0.15) is 24.5 Å². The van der Waals surface area contributed by atoms with Crippen molar-refractivity contribution in [1.82, 2.24) is 34.4 Å². The number of aromatic amines is 1. The lowest BCUT2D eigenvalue weighted by Gasteiger charge is -2.15. The van der Waals surface area contributed by atoms with Crippen molar-refractivity contribution in [3.63, 3.8) is 0 Å². The number of benzene rings is 1. The smallest absolute Gasteiger partial charge is 0.276 e. The predicted molar refractivity (Wildman–Crippen MR) is 108 cm³/mol. The van der Waals surface area contributed by atoms with E-state index in [4.69, 9.17) is 5.10 Å². The number of hydrogen-bond donors (Lipinski definition) is 1. The minimum absolute atomic E-state index is 0.0641. The number of fused-ring (bicyclic) bond motifs is 1. The van der Waals surface area contributed by atoms with E-state index in [1.807, 2.05) is 0 Å². The van der Waals surface area contributed by atoms with Crippen LogP contribution in [0.15, 0.2) is 53.7 Å². The Morgan fingerprint density at radius 3 is 2.67 bits per heavy atom. The third-order valence-corrected chi connectivity index (χ3v) is 5.55. The largest absolute Gasteiger partial charge is 0.307 e. The van der Waals surface area contributed by atoms with Gasteiger partial charge < -0.3 is 4.98 Å². The maximum absolute atomic E-state index is 13.3. The fourth-order valence-corrected chi connectivity index (χ4v) is 4.04. The molecule has 1 aliphatic rings. The fraction of sp³-hybridized carbons (Fsp3) is 0.286. The molecule has 0 spiro atoms. The van der Waals surface area contributed by atoms with Gasteiger partial charge in [-0.25, -0.2) is 23.9 Å². The molecule has 152 valence electrons. The number of aromatic nitrogens is 6. The third-order valence-electron chi connectivity index (χ3n) is 5.55. The zero-order chi connectivity index (χ0) is 20.7. The summed E-state index contributed by atoms with van der Waals surface area (Å²) in [7, 11) is 0. The molecule has 2 atom stereocenters. The molecule has 4 aromatic rings. The van der Waals surface area contributed by atoms with Crippen LogP contribution in [0, 0.1) is 11.7 Å². The van der Waals surface area contributed by atoms with Crippen LogP contribution >= 0.6 is 0 Å². The molecule has 1 saturated heterocycles. The maximum Gasteiger partial charge on any atom is 0.276 e. The lowest BCUT2D eigenvalue weighted by Crippen LogP contribution is -2.23. The Morgan fingerprint density at radius 2 is 1.90 bits per heavy atom. The molecule has 5 rings (SSSR count). The van der Waals surface area contributed by atoms with E-state index in [1.165, 1.54) is 18.3 Å². The summed E-state index contributed by atoms with van der Waals surface area (Å²) in [6.45, 7) is 4.41. The number of imidazole rings is 1. The van der Waals surface area contributed by atoms with Gasteiger partial charge in [-0.3, -0.25) is 9.69 Å². The summed E-state index contributed by atoms with van der Waals surface area (Å²) in [6, 6.07) is 7.80. The topological polar surface area (TPSA) is 92.1 Å². The quantitative estimate of drug-likeness (QED) is 0.560. The Bertz CT molecular complexity index is 1240. The molecule has 1 N–H and O–H groups in total. The lowest BCUT2D eigenvalue weighted by atomic mass is 9.97. The highest BCUT2D eigenvalue weighted by atomic mass is 19.1. The molecule has 0 radical (unpaired) electrons. The second kappa shape index (κ2) is 7.42. The zero-order valence-corrected chi connectivity index (χ0v) is 16.4. The van der Waals surface area contributed by atoms with Gasteiger partial charge in [0.15, 0.2) is 11.3 Å². The first-order chi connectivity index (χ1) is 14.6. The molecule has 1 fully saturated rings. The molecule has 1 aliphatic heterocycles. The first-order valence-electron chi connectivity index (χ1n) is 9.80. The molecule has 4 heterocycles. The van der Waals surface area contributed by atoms with Crippen LogP contribution in [0.25, 0.3) is 16.9 Å². The van der Waals surface area contributed by atoms with Crippen molar-refractivity contribution in [3.8, 4) is 11.4 Å². The Labute approximate surface area is 171 Å². The number of hydrogen-bond acceptors (Lipinski definition) is 6. The average Bonchev–Trinajstić information content (AvgIpc) is 3.33. The Kier molecular flexibility index (Phi) is 4.59. The van der Waals surface area contributed by atoms with Crippen LogP contribution in [-0.2, 0) is 6.54 Å². The number of nitrogens with zero attached hydrogens (tertiary/aromatic N) is 6. The molecule has 9 heteroatoms. The molecule has 0 aliphatic carbocycles. The van der Waals surface area contributed by atoms with Crippen molar-refractivity contribution >= 4 is 5.52 Å². The van der Waals surface area contributed by atoms with E-state index in [0.29, 0.717) is 35.2 Å². The summed E-state index contributed by atoms with van der Waals surface area (Å²) in [5, 5.41) is 4.72. The number of nitrogens with one attached hydrogen (secondary N) is 1. The second-order valence-electron chi connectivity index (χ2n) is 7.67. The summed E-state index contributed by atoms with van der Waals surface area (Å²) in [4.78, 5) is 30.8. The highest BCUT2D eigenvalue weighted by Gasteiger charge is 2.33. The highest BCUT2D eigenvalue weighted by Crippen LogP contribution is 2.31. The van der Waals surface area contributed by atoms with E-state index in [1.54, 1.807) is 35.1 Å². The molecule has 0 amide bonds. The monoisotopic (exact) mass is 405 g/mol. The normalized spacial score (nSPS) is 19.5. The van der Waals surface area contributed by atoms with Gasteiger partial charge in [-0.1, -0.05) is 6.92 Å². The van der Waals surface area contributed by atoms with Crippen molar-refractivity contribution in [2.75, 3.05) is 13.1 Å². The van der Waals surface area contributed by atoms with Crippen LogP contribution < -0.4 is 5.56 Å². The number of rotatable bonds is 4. The van der Waals surface area contributed by atoms with E-state index in [9.17, 15) is 9.18 Å². The van der Waals surface area contributed by atoms with Gasteiger partial charge in [0.25, 0.3) is 5.56 Å².